The molecule has 94 valence electrons. The van der Waals surface area contributed by atoms with Crippen molar-refractivity contribution in [2.45, 2.75) is 0 Å². The zero-order chi connectivity index (χ0) is 13.2. The van der Waals surface area contributed by atoms with Crippen LogP contribution in [0.2, 0.25) is 5.02 Å². The Morgan fingerprint density at radius 3 is 2.42 bits per heavy atom. The van der Waals surface area contributed by atoms with Crippen molar-refractivity contribution in [1.82, 2.24) is 10.2 Å². The molecule has 0 aliphatic carbocycles. The van der Waals surface area contributed by atoms with Crippen molar-refractivity contribution in [2.75, 3.05) is 0 Å². The Balaban J connectivity index is 2.05. The molecule has 19 heavy (non-hydrogen) atoms. The molecule has 0 saturated heterocycles. The van der Waals surface area contributed by atoms with Gasteiger partial charge < -0.3 is 4.42 Å². The van der Waals surface area contributed by atoms with Crippen LogP contribution in [0, 0.1) is 0 Å². The summed E-state index contributed by atoms with van der Waals surface area (Å²) in [5, 5.41) is 8.65. The second-order valence-electron chi connectivity index (χ2n) is 3.88. The topological polar surface area (TPSA) is 38.9 Å². The minimum Gasteiger partial charge on any atom is -0.416 e. The van der Waals surface area contributed by atoms with Crippen molar-refractivity contribution in [2.24, 2.45) is 0 Å². The maximum Gasteiger partial charge on any atom is 0.249 e. The fourth-order valence-electron chi connectivity index (χ4n) is 1.70. The van der Waals surface area contributed by atoms with Crippen molar-refractivity contribution in [1.29, 1.82) is 0 Å². The van der Waals surface area contributed by atoms with Crippen LogP contribution < -0.4 is 0 Å². The molecule has 0 bridgehead atoms. The monoisotopic (exact) mass is 334 g/mol. The van der Waals surface area contributed by atoms with Gasteiger partial charge in [0.25, 0.3) is 0 Å². The number of benzene rings is 2. The molecule has 0 radical (unpaired) electrons. The van der Waals surface area contributed by atoms with E-state index in [1.807, 2.05) is 48.5 Å². The lowest BCUT2D eigenvalue weighted by Gasteiger charge is -2.00. The Morgan fingerprint density at radius 1 is 0.895 bits per heavy atom. The minimum absolute atomic E-state index is 0.408. The van der Waals surface area contributed by atoms with Crippen LogP contribution >= 0.6 is 27.5 Å². The van der Waals surface area contributed by atoms with E-state index in [0.29, 0.717) is 22.4 Å². The van der Waals surface area contributed by atoms with Gasteiger partial charge in [0, 0.05) is 10.0 Å². The first-order valence-electron chi connectivity index (χ1n) is 5.59. The predicted octanol–water partition coefficient (Wildman–Crippen LogP) is 4.82. The molecule has 0 aliphatic heterocycles. The number of hydrogen-bond donors (Lipinski definition) is 0. The van der Waals surface area contributed by atoms with Crippen molar-refractivity contribution >= 4 is 27.5 Å². The van der Waals surface area contributed by atoms with Gasteiger partial charge in [0.2, 0.25) is 11.8 Å². The van der Waals surface area contributed by atoms with Gasteiger partial charge in [0.15, 0.2) is 0 Å². The highest BCUT2D eigenvalue weighted by molar-refractivity contribution is 9.10. The quantitative estimate of drug-likeness (QED) is 0.674. The highest BCUT2D eigenvalue weighted by Gasteiger charge is 2.14. The molecule has 1 heterocycles. The number of hydrogen-bond acceptors (Lipinski definition) is 3. The molecule has 3 aromatic rings. The van der Waals surface area contributed by atoms with Gasteiger partial charge >= 0.3 is 0 Å². The van der Waals surface area contributed by atoms with E-state index in [1.165, 1.54) is 0 Å². The van der Waals surface area contributed by atoms with E-state index < -0.39 is 0 Å². The third-order valence-electron chi connectivity index (χ3n) is 2.63. The van der Waals surface area contributed by atoms with E-state index in [4.69, 9.17) is 16.0 Å². The first-order valence-corrected chi connectivity index (χ1v) is 6.76. The molecule has 0 N–H and O–H groups in total. The summed E-state index contributed by atoms with van der Waals surface area (Å²) in [7, 11) is 0. The fraction of sp³-hybridized carbons (Fsp3) is 0. The summed E-state index contributed by atoms with van der Waals surface area (Å²) in [6.45, 7) is 0. The fourth-order valence-corrected chi connectivity index (χ4v) is 2.27. The van der Waals surface area contributed by atoms with Crippen molar-refractivity contribution in [3.63, 3.8) is 0 Å². The molecule has 0 saturated carbocycles. The molecule has 3 rings (SSSR count). The molecule has 0 amide bonds. The van der Waals surface area contributed by atoms with Gasteiger partial charge in [-0.1, -0.05) is 35.9 Å². The maximum atomic E-state index is 6.21. The summed E-state index contributed by atoms with van der Waals surface area (Å²) in [6.07, 6.45) is 0. The van der Waals surface area contributed by atoms with Gasteiger partial charge in [-0.25, -0.2) is 0 Å². The zero-order valence-corrected chi connectivity index (χ0v) is 12.0. The average molecular weight is 336 g/mol. The number of halogens is 2. The van der Waals surface area contributed by atoms with E-state index in [1.54, 1.807) is 0 Å². The molecule has 0 unspecified atom stereocenters. The summed E-state index contributed by atoms with van der Waals surface area (Å²) in [4.78, 5) is 0. The Labute approximate surface area is 123 Å². The molecule has 2 aromatic carbocycles. The van der Waals surface area contributed by atoms with E-state index in [0.717, 1.165) is 10.0 Å². The SMILES string of the molecule is Clc1c(Br)cccc1-c1nnc(-c2ccccc2)o1. The van der Waals surface area contributed by atoms with Gasteiger partial charge in [-0.3, -0.25) is 0 Å². The van der Waals surface area contributed by atoms with E-state index in [2.05, 4.69) is 26.1 Å². The number of nitrogens with zero attached hydrogens (tertiary/aromatic N) is 2. The van der Waals surface area contributed by atoms with Crippen molar-refractivity contribution < 1.29 is 4.42 Å². The third-order valence-corrected chi connectivity index (χ3v) is 3.92. The molecular formula is C14H8BrClN2O. The van der Waals surface area contributed by atoms with Crippen molar-refractivity contribution in [3.8, 4) is 22.9 Å². The Bertz CT molecular complexity index is 712. The lowest BCUT2D eigenvalue weighted by atomic mass is 10.2. The van der Waals surface area contributed by atoms with Crippen LogP contribution in [-0.2, 0) is 0 Å². The Hall–Kier alpha value is -1.65. The number of aromatic nitrogens is 2. The summed E-state index contributed by atoms with van der Waals surface area (Å²) < 4.78 is 6.46. The molecule has 0 fully saturated rings. The van der Waals surface area contributed by atoms with Crippen LogP contribution in [0.1, 0.15) is 0 Å². The van der Waals surface area contributed by atoms with Gasteiger partial charge in [0.05, 0.1) is 10.6 Å². The van der Waals surface area contributed by atoms with E-state index in [9.17, 15) is 0 Å². The standard InChI is InChI=1S/C14H8BrClN2O/c15-11-8-4-7-10(12(11)16)14-18-17-13(19-14)9-5-2-1-3-6-9/h1-8H. The Morgan fingerprint density at radius 2 is 1.63 bits per heavy atom. The predicted molar refractivity (Wildman–Crippen MR) is 77.9 cm³/mol. The highest BCUT2D eigenvalue weighted by Crippen LogP contribution is 2.33. The summed E-state index contributed by atoms with van der Waals surface area (Å²) in [5.74, 6) is 0.886. The molecule has 0 spiro atoms. The minimum atomic E-state index is 0.408. The first-order chi connectivity index (χ1) is 9.25. The zero-order valence-electron chi connectivity index (χ0n) is 9.68. The average Bonchev–Trinajstić information content (AvgIpc) is 2.92. The normalized spacial score (nSPS) is 10.6. The van der Waals surface area contributed by atoms with E-state index in [-0.39, 0.29) is 0 Å². The smallest absolute Gasteiger partial charge is 0.249 e. The second kappa shape index (κ2) is 5.15. The van der Waals surface area contributed by atoms with Crippen LogP contribution in [0.25, 0.3) is 22.9 Å². The highest BCUT2D eigenvalue weighted by atomic mass is 79.9. The van der Waals surface area contributed by atoms with Crippen molar-refractivity contribution in [3.05, 3.63) is 58.0 Å². The maximum absolute atomic E-state index is 6.21. The van der Waals surface area contributed by atoms with Gasteiger partial charge in [-0.05, 0) is 40.2 Å². The van der Waals surface area contributed by atoms with Gasteiger partial charge in [-0.2, -0.15) is 0 Å². The molecule has 0 aliphatic rings. The van der Waals surface area contributed by atoms with Crippen LogP contribution in [0.4, 0.5) is 0 Å². The molecular weight excluding hydrogens is 328 g/mol. The molecule has 5 heteroatoms. The lowest BCUT2D eigenvalue weighted by molar-refractivity contribution is 0.584. The molecule has 3 nitrogen and oxygen atoms in total. The van der Waals surface area contributed by atoms with Crippen LogP contribution in [0.15, 0.2) is 57.4 Å². The summed E-state index contributed by atoms with van der Waals surface area (Å²) in [5.41, 5.74) is 1.60. The van der Waals surface area contributed by atoms with E-state index >= 15 is 0 Å². The lowest BCUT2D eigenvalue weighted by Crippen LogP contribution is -1.80. The third kappa shape index (κ3) is 2.41. The summed E-state index contributed by atoms with van der Waals surface area (Å²) in [6, 6.07) is 15.2. The molecule has 1 aromatic heterocycles. The Kier molecular flexibility index (Phi) is 3.36. The second-order valence-corrected chi connectivity index (χ2v) is 5.11. The van der Waals surface area contributed by atoms with Gasteiger partial charge in [-0.15, -0.1) is 10.2 Å². The van der Waals surface area contributed by atoms with Gasteiger partial charge in [0.1, 0.15) is 0 Å². The molecule has 0 atom stereocenters. The van der Waals surface area contributed by atoms with Crippen LogP contribution in [0.3, 0.4) is 0 Å². The number of rotatable bonds is 2. The largest absolute Gasteiger partial charge is 0.416 e. The first kappa shape index (κ1) is 12.4. The van der Waals surface area contributed by atoms with Crippen LogP contribution in [0.5, 0.6) is 0 Å². The van der Waals surface area contributed by atoms with Crippen LogP contribution in [-0.4, -0.2) is 10.2 Å². The summed E-state index contributed by atoms with van der Waals surface area (Å²) >= 11 is 9.58.